The molecule has 0 amide bonds. The number of esters is 1. The van der Waals surface area contributed by atoms with Gasteiger partial charge in [0.25, 0.3) is 0 Å². The van der Waals surface area contributed by atoms with Crippen molar-refractivity contribution in [3.8, 4) is 16.9 Å². The van der Waals surface area contributed by atoms with Crippen molar-refractivity contribution in [1.29, 1.82) is 0 Å². The summed E-state index contributed by atoms with van der Waals surface area (Å²) in [6.45, 7) is 6.03. The van der Waals surface area contributed by atoms with Crippen LogP contribution in [-0.4, -0.2) is 19.2 Å². The lowest BCUT2D eigenvalue weighted by atomic mass is 9.89. The molecule has 4 aromatic rings. The molecule has 0 spiro atoms. The van der Waals surface area contributed by atoms with Crippen LogP contribution in [0.25, 0.3) is 32.7 Å². The van der Waals surface area contributed by atoms with Crippen molar-refractivity contribution in [2.45, 2.75) is 26.9 Å². The molecule has 0 fully saturated rings. The molecule has 0 N–H and O–H groups in total. The summed E-state index contributed by atoms with van der Waals surface area (Å²) in [7, 11) is 1.66. The molecule has 152 valence electrons. The molecule has 30 heavy (non-hydrogen) atoms. The Bertz CT molecular complexity index is 1220. The van der Waals surface area contributed by atoms with Crippen molar-refractivity contribution in [2.75, 3.05) is 7.11 Å². The number of hydrogen-bond acceptors (Lipinski definition) is 3. The van der Waals surface area contributed by atoms with Gasteiger partial charge in [-0.3, -0.25) is 0 Å². The number of benzene rings is 4. The first-order valence-electron chi connectivity index (χ1n) is 10.3. The molecule has 0 unspecified atom stereocenters. The van der Waals surface area contributed by atoms with Gasteiger partial charge in [0.2, 0.25) is 0 Å². The number of hydrogen-bond donors (Lipinski definition) is 0. The summed E-state index contributed by atoms with van der Waals surface area (Å²) in [6, 6.07) is 24.1. The quantitative estimate of drug-likeness (QED) is 0.344. The highest BCUT2D eigenvalue weighted by Crippen LogP contribution is 2.42. The molecular weight excluding hydrogens is 372 g/mol. The van der Waals surface area contributed by atoms with E-state index in [2.05, 4.69) is 24.3 Å². The van der Waals surface area contributed by atoms with Crippen molar-refractivity contribution in [2.24, 2.45) is 5.92 Å². The van der Waals surface area contributed by atoms with Crippen molar-refractivity contribution in [3.63, 3.8) is 0 Å². The topological polar surface area (TPSA) is 35.5 Å². The van der Waals surface area contributed by atoms with Gasteiger partial charge in [0, 0.05) is 11.1 Å². The smallest absolute Gasteiger partial charge is 0.339 e. The summed E-state index contributed by atoms with van der Waals surface area (Å²) in [6.07, 6.45) is -0.175. The molecule has 0 aromatic heterocycles. The van der Waals surface area contributed by atoms with E-state index in [9.17, 15) is 4.79 Å². The van der Waals surface area contributed by atoms with E-state index in [1.807, 2.05) is 69.3 Å². The molecule has 0 aliphatic heterocycles. The number of carbonyl (C=O) groups excluding carboxylic acids is 1. The molecule has 0 radical (unpaired) electrons. The van der Waals surface area contributed by atoms with Crippen molar-refractivity contribution in [1.82, 2.24) is 0 Å². The zero-order valence-corrected chi connectivity index (χ0v) is 17.8. The van der Waals surface area contributed by atoms with Crippen LogP contribution in [0.1, 0.15) is 31.1 Å². The standard InChI is InChI=1S/C27H26O3/c1-17(2)18(3)30-27(28)23-15-13-19-9-5-7-11-21(19)25(23)26-22-12-8-6-10-20(22)14-16-24(26)29-4/h5-18H,1-4H3/t18-/m0/s1. The fourth-order valence-corrected chi connectivity index (χ4v) is 3.76. The molecule has 3 heteroatoms. The normalized spacial score (nSPS) is 12.3. The minimum Gasteiger partial charge on any atom is -0.496 e. The summed E-state index contributed by atoms with van der Waals surface area (Å²) in [5, 5.41) is 4.20. The molecule has 3 nitrogen and oxygen atoms in total. The average Bonchev–Trinajstić information content (AvgIpc) is 2.77. The first-order chi connectivity index (χ1) is 14.5. The van der Waals surface area contributed by atoms with E-state index in [0.717, 1.165) is 38.4 Å². The Morgan fingerprint density at radius 2 is 1.30 bits per heavy atom. The highest BCUT2D eigenvalue weighted by molar-refractivity contribution is 6.14. The summed E-state index contributed by atoms with van der Waals surface area (Å²) < 4.78 is 11.6. The molecule has 0 aliphatic rings. The van der Waals surface area contributed by atoms with Crippen LogP contribution >= 0.6 is 0 Å². The van der Waals surface area contributed by atoms with Gasteiger partial charge in [-0.2, -0.15) is 0 Å². The highest BCUT2D eigenvalue weighted by atomic mass is 16.5. The molecule has 0 aliphatic carbocycles. The first-order valence-corrected chi connectivity index (χ1v) is 10.3. The van der Waals surface area contributed by atoms with E-state index in [-0.39, 0.29) is 18.0 Å². The van der Waals surface area contributed by atoms with Crippen LogP contribution in [-0.2, 0) is 4.74 Å². The molecule has 4 rings (SSSR count). The van der Waals surface area contributed by atoms with Gasteiger partial charge in [-0.25, -0.2) is 4.79 Å². The van der Waals surface area contributed by atoms with Crippen molar-refractivity contribution >= 4 is 27.5 Å². The van der Waals surface area contributed by atoms with Gasteiger partial charge in [0.1, 0.15) is 11.9 Å². The minimum absolute atomic E-state index is 0.175. The summed E-state index contributed by atoms with van der Waals surface area (Å²) >= 11 is 0. The van der Waals surface area contributed by atoms with Crippen LogP contribution in [0.2, 0.25) is 0 Å². The van der Waals surface area contributed by atoms with Crippen LogP contribution in [0.3, 0.4) is 0 Å². The fraction of sp³-hybridized carbons (Fsp3) is 0.222. The van der Waals surface area contributed by atoms with Crippen molar-refractivity contribution in [3.05, 3.63) is 78.4 Å². The maximum Gasteiger partial charge on any atom is 0.339 e. The predicted octanol–water partition coefficient (Wildman–Crippen LogP) is 6.87. The maximum atomic E-state index is 13.3. The summed E-state index contributed by atoms with van der Waals surface area (Å²) in [5.74, 6) is 0.660. The number of fused-ring (bicyclic) bond motifs is 2. The lowest BCUT2D eigenvalue weighted by Gasteiger charge is -2.20. The Balaban J connectivity index is 2.05. The van der Waals surface area contributed by atoms with Gasteiger partial charge in [-0.15, -0.1) is 0 Å². The van der Waals surface area contributed by atoms with Crippen LogP contribution < -0.4 is 4.74 Å². The largest absolute Gasteiger partial charge is 0.496 e. The lowest BCUT2D eigenvalue weighted by Crippen LogP contribution is -2.20. The van der Waals surface area contributed by atoms with E-state index in [1.165, 1.54) is 0 Å². The monoisotopic (exact) mass is 398 g/mol. The second-order valence-corrected chi connectivity index (χ2v) is 7.93. The van der Waals surface area contributed by atoms with Gasteiger partial charge < -0.3 is 9.47 Å². The molecule has 0 saturated carbocycles. The van der Waals surface area contributed by atoms with Gasteiger partial charge in [-0.05, 0) is 46.5 Å². The van der Waals surface area contributed by atoms with Crippen LogP contribution in [0, 0.1) is 5.92 Å². The van der Waals surface area contributed by atoms with E-state index in [1.54, 1.807) is 7.11 Å². The Kier molecular flexibility index (Phi) is 5.45. The van der Waals surface area contributed by atoms with Gasteiger partial charge >= 0.3 is 5.97 Å². The lowest BCUT2D eigenvalue weighted by molar-refractivity contribution is 0.0239. The first kappa shape index (κ1) is 20.0. The second-order valence-electron chi connectivity index (χ2n) is 7.93. The van der Waals surface area contributed by atoms with Gasteiger partial charge in [0.05, 0.1) is 12.7 Å². The third kappa shape index (κ3) is 3.52. The van der Waals surface area contributed by atoms with Gasteiger partial charge in [0.15, 0.2) is 0 Å². The summed E-state index contributed by atoms with van der Waals surface area (Å²) in [5.41, 5.74) is 2.31. The summed E-state index contributed by atoms with van der Waals surface area (Å²) in [4.78, 5) is 13.3. The Labute approximate surface area is 177 Å². The third-order valence-electron chi connectivity index (χ3n) is 5.74. The number of ether oxygens (including phenoxy) is 2. The number of rotatable bonds is 5. The fourth-order valence-electron chi connectivity index (χ4n) is 3.76. The van der Waals surface area contributed by atoms with E-state index in [4.69, 9.17) is 9.47 Å². The SMILES string of the molecule is COc1ccc2ccccc2c1-c1c(C(=O)O[C@@H](C)C(C)C)ccc2ccccc12. The molecule has 1 atom stereocenters. The predicted molar refractivity (Wildman–Crippen MR) is 123 cm³/mol. The number of carbonyl (C=O) groups is 1. The Morgan fingerprint density at radius 1 is 0.733 bits per heavy atom. The zero-order chi connectivity index (χ0) is 21.3. The van der Waals surface area contributed by atoms with Gasteiger partial charge in [-0.1, -0.05) is 74.5 Å². The Hall–Kier alpha value is -3.33. The molecule has 0 heterocycles. The maximum absolute atomic E-state index is 13.3. The van der Waals surface area contributed by atoms with E-state index >= 15 is 0 Å². The van der Waals surface area contributed by atoms with E-state index in [0.29, 0.717) is 5.56 Å². The minimum atomic E-state index is -0.313. The second kappa shape index (κ2) is 8.19. The highest BCUT2D eigenvalue weighted by Gasteiger charge is 2.23. The third-order valence-corrected chi connectivity index (χ3v) is 5.74. The molecule has 4 aromatic carbocycles. The molecule has 0 bridgehead atoms. The zero-order valence-electron chi connectivity index (χ0n) is 17.8. The Morgan fingerprint density at radius 3 is 1.90 bits per heavy atom. The van der Waals surface area contributed by atoms with Crippen LogP contribution in [0.4, 0.5) is 0 Å². The van der Waals surface area contributed by atoms with Crippen molar-refractivity contribution < 1.29 is 14.3 Å². The van der Waals surface area contributed by atoms with Crippen LogP contribution in [0.15, 0.2) is 72.8 Å². The average molecular weight is 399 g/mol. The van der Waals surface area contributed by atoms with E-state index < -0.39 is 0 Å². The number of methoxy groups -OCH3 is 1. The molecule has 0 saturated heterocycles. The van der Waals surface area contributed by atoms with Crippen LogP contribution in [0.5, 0.6) is 5.75 Å². The molecular formula is C27H26O3.